The number of ketones is 1. The van der Waals surface area contributed by atoms with E-state index in [-0.39, 0.29) is 25.2 Å². The number of halogens is 1. The van der Waals surface area contributed by atoms with Crippen LogP contribution in [0.2, 0.25) is 0 Å². The van der Waals surface area contributed by atoms with Crippen molar-refractivity contribution in [2.75, 3.05) is 11.9 Å². The van der Waals surface area contributed by atoms with Gasteiger partial charge in [0.25, 0.3) is 5.91 Å². The van der Waals surface area contributed by atoms with Crippen molar-refractivity contribution in [2.45, 2.75) is 19.8 Å². The van der Waals surface area contributed by atoms with Crippen molar-refractivity contribution in [1.82, 2.24) is 0 Å². The van der Waals surface area contributed by atoms with E-state index in [9.17, 15) is 14.4 Å². The van der Waals surface area contributed by atoms with Crippen LogP contribution in [-0.2, 0) is 14.3 Å². The predicted molar refractivity (Wildman–Crippen MR) is 98.5 cm³/mol. The summed E-state index contributed by atoms with van der Waals surface area (Å²) in [6.07, 6.45) is -0.00748. The minimum Gasteiger partial charge on any atom is -0.456 e. The Kier molecular flexibility index (Phi) is 6.89. The second-order valence-corrected chi connectivity index (χ2v) is 6.32. The Balaban J connectivity index is 1.73. The molecule has 25 heavy (non-hydrogen) atoms. The van der Waals surface area contributed by atoms with Crippen LogP contribution in [0.25, 0.3) is 0 Å². The average molecular weight is 404 g/mol. The molecule has 0 heterocycles. The first-order valence-corrected chi connectivity index (χ1v) is 8.55. The van der Waals surface area contributed by atoms with Crippen LogP contribution in [-0.4, -0.2) is 24.3 Å². The molecule has 0 aliphatic heterocycles. The molecular formula is C19H18BrNO4. The van der Waals surface area contributed by atoms with Crippen molar-refractivity contribution < 1.29 is 19.1 Å². The van der Waals surface area contributed by atoms with Crippen LogP contribution in [0.15, 0.2) is 53.0 Å². The molecule has 0 fully saturated rings. The molecule has 0 saturated carbocycles. The van der Waals surface area contributed by atoms with E-state index >= 15 is 0 Å². The van der Waals surface area contributed by atoms with Crippen LogP contribution >= 0.6 is 15.9 Å². The zero-order valence-electron chi connectivity index (χ0n) is 13.8. The number of esters is 1. The van der Waals surface area contributed by atoms with Crippen LogP contribution in [0.5, 0.6) is 0 Å². The largest absolute Gasteiger partial charge is 0.456 e. The minimum atomic E-state index is -0.579. The molecule has 1 amide bonds. The van der Waals surface area contributed by atoms with Gasteiger partial charge in [0.2, 0.25) is 0 Å². The summed E-state index contributed by atoms with van der Waals surface area (Å²) in [6, 6.07) is 14.1. The van der Waals surface area contributed by atoms with E-state index in [1.54, 1.807) is 36.4 Å². The smallest absolute Gasteiger partial charge is 0.306 e. The standard InChI is InChI=1S/C19H18BrNO4/c1-13-7-8-15(11-16(13)20)21-18(23)12-25-19(24)10-9-17(22)14-5-3-2-4-6-14/h2-8,11H,9-10,12H2,1H3,(H,21,23). The van der Waals surface area contributed by atoms with E-state index in [0.29, 0.717) is 11.3 Å². The van der Waals surface area contributed by atoms with Crippen LogP contribution in [0.1, 0.15) is 28.8 Å². The van der Waals surface area contributed by atoms with Gasteiger partial charge in [-0.3, -0.25) is 14.4 Å². The third-order valence-electron chi connectivity index (χ3n) is 3.47. The van der Waals surface area contributed by atoms with E-state index in [4.69, 9.17) is 4.74 Å². The summed E-state index contributed by atoms with van der Waals surface area (Å²) in [6.45, 7) is 1.55. The highest BCUT2D eigenvalue weighted by atomic mass is 79.9. The maximum Gasteiger partial charge on any atom is 0.306 e. The fraction of sp³-hybridized carbons (Fsp3) is 0.211. The summed E-state index contributed by atoms with van der Waals surface area (Å²) >= 11 is 3.38. The number of nitrogens with one attached hydrogen (secondary N) is 1. The second kappa shape index (κ2) is 9.13. The zero-order chi connectivity index (χ0) is 18.2. The van der Waals surface area contributed by atoms with Crippen LogP contribution < -0.4 is 5.32 Å². The maximum atomic E-state index is 11.9. The Morgan fingerprint density at radius 3 is 2.44 bits per heavy atom. The number of carbonyl (C=O) groups is 3. The molecular weight excluding hydrogens is 386 g/mol. The van der Waals surface area contributed by atoms with Gasteiger partial charge in [-0.2, -0.15) is 0 Å². The highest BCUT2D eigenvalue weighted by molar-refractivity contribution is 9.10. The SMILES string of the molecule is Cc1ccc(NC(=O)COC(=O)CCC(=O)c2ccccc2)cc1Br. The van der Waals surface area contributed by atoms with Gasteiger partial charge in [0.1, 0.15) is 0 Å². The molecule has 2 rings (SSSR count). The first kappa shape index (κ1) is 18.9. The number of ether oxygens (including phenoxy) is 1. The molecule has 2 aromatic carbocycles. The van der Waals surface area contributed by atoms with E-state index in [1.807, 2.05) is 19.1 Å². The van der Waals surface area contributed by atoms with E-state index < -0.39 is 11.9 Å². The molecule has 0 aliphatic carbocycles. The zero-order valence-corrected chi connectivity index (χ0v) is 15.3. The molecule has 1 N–H and O–H groups in total. The van der Waals surface area contributed by atoms with Crippen molar-refractivity contribution in [3.05, 3.63) is 64.1 Å². The molecule has 0 radical (unpaired) electrons. The number of carbonyl (C=O) groups excluding carboxylic acids is 3. The van der Waals surface area contributed by atoms with Crippen LogP contribution in [0, 0.1) is 6.92 Å². The van der Waals surface area contributed by atoms with Crippen molar-refractivity contribution in [3.63, 3.8) is 0 Å². The molecule has 2 aromatic rings. The second-order valence-electron chi connectivity index (χ2n) is 5.46. The molecule has 0 saturated heterocycles. The summed E-state index contributed by atoms with van der Waals surface area (Å²) in [7, 11) is 0. The van der Waals surface area contributed by atoms with Crippen LogP contribution in [0.4, 0.5) is 5.69 Å². The fourth-order valence-electron chi connectivity index (χ4n) is 2.07. The van der Waals surface area contributed by atoms with Crippen molar-refractivity contribution in [3.8, 4) is 0 Å². The average Bonchev–Trinajstić information content (AvgIpc) is 2.61. The molecule has 0 aromatic heterocycles. The number of rotatable bonds is 7. The molecule has 5 nitrogen and oxygen atoms in total. The van der Waals surface area contributed by atoms with Gasteiger partial charge in [0.05, 0.1) is 6.42 Å². The number of hydrogen-bond donors (Lipinski definition) is 1. The molecule has 0 aliphatic rings. The van der Waals surface area contributed by atoms with Gasteiger partial charge in [-0.25, -0.2) is 0 Å². The van der Waals surface area contributed by atoms with Gasteiger partial charge in [0, 0.05) is 22.1 Å². The molecule has 6 heteroatoms. The molecule has 0 unspecified atom stereocenters. The first-order valence-electron chi connectivity index (χ1n) is 7.75. The highest BCUT2D eigenvalue weighted by Crippen LogP contribution is 2.20. The Labute approximate surface area is 154 Å². The highest BCUT2D eigenvalue weighted by Gasteiger charge is 2.12. The lowest BCUT2D eigenvalue weighted by Gasteiger charge is -2.08. The monoisotopic (exact) mass is 403 g/mol. The Hall–Kier alpha value is -2.47. The van der Waals surface area contributed by atoms with Crippen molar-refractivity contribution in [2.24, 2.45) is 0 Å². The maximum absolute atomic E-state index is 11.9. The number of amides is 1. The van der Waals surface area contributed by atoms with Gasteiger partial charge < -0.3 is 10.1 Å². The summed E-state index contributed by atoms with van der Waals surface area (Å²) in [5.74, 6) is -1.14. The summed E-state index contributed by atoms with van der Waals surface area (Å²) in [4.78, 5) is 35.4. The fourth-order valence-corrected chi connectivity index (χ4v) is 2.45. The summed E-state index contributed by atoms with van der Waals surface area (Å²) in [5.41, 5.74) is 2.21. The molecule has 0 bridgehead atoms. The number of aryl methyl sites for hydroxylation is 1. The Bertz CT molecular complexity index is 774. The molecule has 130 valence electrons. The van der Waals surface area contributed by atoms with Gasteiger partial charge in [-0.05, 0) is 24.6 Å². The quantitative estimate of drug-likeness (QED) is 0.561. The number of hydrogen-bond acceptors (Lipinski definition) is 4. The van der Waals surface area contributed by atoms with Crippen LogP contribution in [0.3, 0.4) is 0 Å². The third-order valence-corrected chi connectivity index (χ3v) is 4.33. The molecule has 0 atom stereocenters. The summed E-state index contributed by atoms with van der Waals surface area (Å²) in [5, 5.41) is 2.64. The van der Waals surface area contributed by atoms with Gasteiger partial charge in [-0.15, -0.1) is 0 Å². The third kappa shape index (κ3) is 6.15. The van der Waals surface area contributed by atoms with Gasteiger partial charge in [0.15, 0.2) is 12.4 Å². The van der Waals surface area contributed by atoms with E-state index in [0.717, 1.165) is 10.0 Å². The van der Waals surface area contributed by atoms with Gasteiger partial charge >= 0.3 is 5.97 Å². The number of benzene rings is 2. The normalized spacial score (nSPS) is 10.2. The minimum absolute atomic E-state index is 0.0510. The van der Waals surface area contributed by atoms with Crippen molar-refractivity contribution >= 4 is 39.3 Å². The lowest BCUT2D eigenvalue weighted by molar-refractivity contribution is -0.147. The van der Waals surface area contributed by atoms with E-state index in [2.05, 4.69) is 21.2 Å². The summed E-state index contributed by atoms with van der Waals surface area (Å²) < 4.78 is 5.78. The topological polar surface area (TPSA) is 72.5 Å². The first-order chi connectivity index (χ1) is 12.0. The Morgan fingerprint density at radius 1 is 1.04 bits per heavy atom. The molecule has 0 spiro atoms. The predicted octanol–water partition coefficient (Wildman–Crippen LogP) is 3.90. The van der Waals surface area contributed by atoms with Crippen molar-refractivity contribution in [1.29, 1.82) is 0 Å². The number of Topliss-reactive ketones (excluding diaryl/α,β-unsaturated/α-hetero) is 1. The lowest BCUT2D eigenvalue weighted by atomic mass is 10.1. The Morgan fingerprint density at radius 2 is 1.76 bits per heavy atom. The van der Waals surface area contributed by atoms with E-state index in [1.165, 1.54) is 0 Å². The lowest BCUT2D eigenvalue weighted by Crippen LogP contribution is -2.21. The van der Waals surface area contributed by atoms with Gasteiger partial charge in [-0.1, -0.05) is 52.3 Å². The number of anilines is 1.